The first-order chi connectivity index (χ1) is 16.3. The largest absolute Gasteiger partial charge is 0.496 e. The highest BCUT2D eigenvalue weighted by molar-refractivity contribution is 6.03. The van der Waals surface area contributed by atoms with Crippen molar-refractivity contribution in [2.24, 2.45) is 5.41 Å². The molecule has 0 aromatic heterocycles. The molecular formula is C27H36N2O5. The van der Waals surface area contributed by atoms with Crippen LogP contribution in [0.2, 0.25) is 0 Å². The van der Waals surface area contributed by atoms with Crippen LogP contribution in [-0.4, -0.2) is 46.7 Å². The summed E-state index contributed by atoms with van der Waals surface area (Å²) in [6.45, 7) is 8.74. The monoisotopic (exact) mass is 468 g/mol. The number of carbonyl (C=O) groups excluding carboxylic acids is 2. The molecule has 0 bridgehead atoms. The molecule has 1 fully saturated rings. The van der Waals surface area contributed by atoms with Crippen LogP contribution in [0.3, 0.4) is 0 Å². The number of rotatable bonds is 10. The highest BCUT2D eigenvalue weighted by Gasteiger charge is 2.63. The smallest absolute Gasteiger partial charge is 0.330 e. The molecule has 7 heteroatoms. The summed E-state index contributed by atoms with van der Waals surface area (Å²) in [5, 5.41) is 9.51. The van der Waals surface area contributed by atoms with Crippen molar-refractivity contribution in [3.63, 3.8) is 0 Å². The van der Waals surface area contributed by atoms with Gasteiger partial charge < -0.3 is 19.5 Å². The van der Waals surface area contributed by atoms with Gasteiger partial charge in [-0.15, -0.1) is 0 Å². The predicted molar refractivity (Wildman–Crippen MR) is 130 cm³/mol. The lowest BCUT2D eigenvalue weighted by molar-refractivity contribution is -0.192. The van der Waals surface area contributed by atoms with Crippen LogP contribution in [0.25, 0.3) is 0 Å². The lowest BCUT2D eigenvalue weighted by Crippen LogP contribution is -2.73. The van der Waals surface area contributed by atoms with Gasteiger partial charge in [-0.3, -0.25) is 4.79 Å². The summed E-state index contributed by atoms with van der Waals surface area (Å²) in [5.41, 5.74) is 2.04. The molecule has 1 atom stereocenters. The summed E-state index contributed by atoms with van der Waals surface area (Å²) in [5.74, 6) is 0.779. The number of carbonyl (C=O) groups is 2. The Morgan fingerprint density at radius 1 is 1.12 bits per heavy atom. The third-order valence-electron chi connectivity index (χ3n) is 6.75. The van der Waals surface area contributed by atoms with E-state index in [1.807, 2.05) is 52.0 Å². The van der Waals surface area contributed by atoms with Gasteiger partial charge in [0.25, 0.3) is 0 Å². The number of urea groups is 1. The number of imide groups is 1. The van der Waals surface area contributed by atoms with Crippen LogP contribution in [0.4, 0.5) is 4.79 Å². The second-order valence-electron chi connectivity index (χ2n) is 8.83. The third kappa shape index (κ3) is 4.75. The van der Waals surface area contributed by atoms with Gasteiger partial charge in [-0.05, 0) is 43.9 Å². The molecule has 1 saturated heterocycles. The van der Waals surface area contributed by atoms with Crippen molar-refractivity contribution < 1.29 is 24.2 Å². The number of nitrogens with zero attached hydrogens (tertiary/aromatic N) is 2. The standard InChI is InChI=1S/C27H36N2O5/c1-6-15-28(17-20-11-9-19(4)10-12-20)26(32)29-24(31)27(7-2,8-3)25(29)34-22-14-13-21(18-30)23(16-22)33-5/h9-14,16,25,30H,6-8,15,17-18H2,1-5H3. The predicted octanol–water partition coefficient (Wildman–Crippen LogP) is 4.88. The van der Waals surface area contributed by atoms with Crippen LogP contribution in [0.5, 0.6) is 11.5 Å². The second kappa shape index (κ2) is 10.9. The van der Waals surface area contributed by atoms with Crippen molar-refractivity contribution in [3.8, 4) is 11.5 Å². The second-order valence-corrected chi connectivity index (χ2v) is 8.83. The fraction of sp³-hybridized carbons (Fsp3) is 0.481. The lowest BCUT2D eigenvalue weighted by atomic mass is 9.72. The van der Waals surface area contributed by atoms with E-state index < -0.39 is 11.6 Å². The molecule has 0 spiro atoms. The molecule has 1 aliphatic rings. The van der Waals surface area contributed by atoms with Gasteiger partial charge in [0.05, 0.1) is 13.7 Å². The molecule has 0 saturated carbocycles. The molecule has 3 amide bonds. The molecule has 2 aromatic rings. The average molecular weight is 469 g/mol. The zero-order valence-corrected chi connectivity index (χ0v) is 20.8. The minimum Gasteiger partial charge on any atom is -0.496 e. The van der Waals surface area contributed by atoms with Crippen LogP contribution in [0.1, 0.15) is 56.7 Å². The quantitative estimate of drug-likeness (QED) is 0.503. The summed E-state index contributed by atoms with van der Waals surface area (Å²) in [4.78, 5) is 30.0. The highest BCUT2D eigenvalue weighted by atomic mass is 16.5. The molecule has 34 heavy (non-hydrogen) atoms. The van der Waals surface area contributed by atoms with E-state index in [4.69, 9.17) is 9.47 Å². The fourth-order valence-corrected chi connectivity index (χ4v) is 4.52. The molecule has 7 nitrogen and oxygen atoms in total. The first kappa shape index (κ1) is 25.6. The number of methoxy groups -OCH3 is 1. The van der Waals surface area contributed by atoms with E-state index in [0.29, 0.717) is 43.0 Å². The van der Waals surface area contributed by atoms with Crippen molar-refractivity contribution >= 4 is 11.9 Å². The maximum atomic E-state index is 13.6. The Morgan fingerprint density at radius 2 is 1.79 bits per heavy atom. The third-order valence-corrected chi connectivity index (χ3v) is 6.75. The lowest BCUT2D eigenvalue weighted by Gasteiger charge is -2.54. The maximum Gasteiger partial charge on any atom is 0.330 e. The zero-order valence-electron chi connectivity index (χ0n) is 20.8. The molecule has 2 aromatic carbocycles. The molecule has 0 radical (unpaired) electrons. The SMILES string of the molecule is CCCN(Cc1ccc(C)cc1)C(=O)N1C(=O)C(CC)(CC)C1Oc1ccc(CO)c(OC)c1. The Labute approximate surface area is 202 Å². The Bertz CT molecular complexity index is 1000. The fourth-order valence-electron chi connectivity index (χ4n) is 4.52. The number of amides is 3. The number of β-lactam (4-membered cyclic amide) rings is 1. The zero-order chi connectivity index (χ0) is 24.9. The van der Waals surface area contributed by atoms with Gasteiger partial charge in [-0.25, -0.2) is 9.69 Å². The van der Waals surface area contributed by atoms with Gasteiger partial charge in [0.1, 0.15) is 16.9 Å². The topological polar surface area (TPSA) is 79.3 Å². The molecule has 0 aliphatic carbocycles. The Balaban J connectivity index is 1.90. The van der Waals surface area contributed by atoms with Gasteiger partial charge in [-0.1, -0.05) is 50.6 Å². The van der Waals surface area contributed by atoms with E-state index in [9.17, 15) is 14.7 Å². The number of hydrogen-bond acceptors (Lipinski definition) is 5. The van der Waals surface area contributed by atoms with Gasteiger partial charge in [0, 0.05) is 24.7 Å². The normalized spacial score (nSPS) is 16.7. The van der Waals surface area contributed by atoms with Gasteiger partial charge >= 0.3 is 6.03 Å². The summed E-state index contributed by atoms with van der Waals surface area (Å²) in [6, 6.07) is 12.9. The molecule has 1 N–H and O–H groups in total. The van der Waals surface area contributed by atoms with Crippen molar-refractivity contribution in [1.29, 1.82) is 0 Å². The van der Waals surface area contributed by atoms with Gasteiger partial charge in [0.15, 0.2) is 6.23 Å². The summed E-state index contributed by atoms with van der Waals surface area (Å²) in [7, 11) is 1.52. The summed E-state index contributed by atoms with van der Waals surface area (Å²) >= 11 is 0. The molecule has 184 valence electrons. The number of likely N-dealkylation sites (tertiary alicyclic amines) is 1. The average Bonchev–Trinajstić information content (AvgIpc) is 2.85. The number of aliphatic hydroxyl groups excluding tert-OH is 1. The molecular weight excluding hydrogens is 432 g/mol. The highest BCUT2D eigenvalue weighted by Crippen LogP contribution is 2.47. The summed E-state index contributed by atoms with van der Waals surface area (Å²) < 4.78 is 11.6. The minimum absolute atomic E-state index is 0.158. The molecule has 1 unspecified atom stereocenters. The van der Waals surface area contributed by atoms with Crippen LogP contribution in [-0.2, 0) is 17.9 Å². The van der Waals surface area contributed by atoms with Crippen LogP contribution < -0.4 is 9.47 Å². The van der Waals surface area contributed by atoms with Gasteiger partial charge in [-0.2, -0.15) is 0 Å². The molecule has 1 aliphatic heterocycles. The minimum atomic E-state index is -0.764. The van der Waals surface area contributed by atoms with Crippen molar-refractivity contribution in [2.75, 3.05) is 13.7 Å². The van der Waals surface area contributed by atoms with Crippen molar-refractivity contribution in [3.05, 3.63) is 59.2 Å². The molecule has 1 heterocycles. The number of aryl methyl sites for hydroxylation is 1. The number of hydrogen-bond donors (Lipinski definition) is 1. The number of benzene rings is 2. The first-order valence-electron chi connectivity index (χ1n) is 12.0. The Kier molecular flexibility index (Phi) is 8.20. The maximum absolute atomic E-state index is 13.6. The van der Waals surface area contributed by atoms with E-state index in [0.717, 1.165) is 17.5 Å². The Hall–Kier alpha value is -3.06. The van der Waals surface area contributed by atoms with Crippen molar-refractivity contribution in [1.82, 2.24) is 9.80 Å². The van der Waals surface area contributed by atoms with Crippen LogP contribution in [0, 0.1) is 12.3 Å². The summed E-state index contributed by atoms with van der Waals surface area (Å²) in [6.07, 6.45) is 1.19. The van der Waals surface area contributed by atoms with E-state index in [1.54, 1.807) is 23.1 Å². The van der Waals surface area contributed by atoms with E-state index >= 15 is 0 Å². The molecule has 3 rings (SSSR count). The van der Waals surface area contributed by atoms with Crippen LogP contribution >= 0.6 is 0 Å². The van der Waals surface area contributed by atoms with E-state index in [-0.39, 0.29) is 18.5 Å². The van der Waals surface area contributed by atoms with Crippen molar-refractivity contribution in [2.45, 2.75) is 66.3 Å². The Morgan fingerprint density at radius 3 is 2.35 bits per heavy atom. The van der Waals surface area contributed by atoms with Crippen LogP contribution in [0.15, 0.2) is 42.5 Å². The van der Waals surface area contributed by atoms with E-state index in [1.165, 1.54) is 12.0 Å². The van der Waals surface area contributed by atoms with E-state index in [2.05, 4.69) is 0 Å². The first-order valence-corrected chi connectivity index (χ1v) is 12.0. The van der Waals surface area contributed by atoms with Gasteiger partial charge in [0.2, 0.25) is 5.91 Å². The number of ether oxygens (including phenoxy) is 2. The number of aliphatic hydroxyl groups is 1.